The first-order valence-corrected chi connectivity index (χ1v) is 13.1. The van der Waals surface area contributed by atoms with Crippen molar-refractivity contribution in [1.82, 2.24) is 0 Å². The fourth-order valence-electron chi connectivity index (χ4n) is 4.13. The van der Waals surface area contributed by atoms with Gasteiger partial charge in [0.25, 0.3) is 0 Å². The molecule has 1 saturated heterocycles. The molecule has 0 bridgehead atoms. The van der Waals surface area contributed by atoms with Crippen molar-refractivity contribution in [3.63, 3.8) is 0 Å². The molecule has 3 N–H and O–H groups in total. The second-order valence-electron chi connectivity index (χ2n) is 9.09. The second kappa shape index (κ2) is 20.2. The van der Waals surface area contributed by atoms with E-state index >= 15 is 0 Å². The molecule has 31 heavy (non-hydrogen) atoms. The van der Waals surface area contributed by atoms with Crippen molar-refractivity contribution in [2.24, 2.45) is 0 Å². The Morgan fingerprint density at radius 2 is 1.32 bits per heavy atom. The SMILES string of the molecule is CCCC/C=C/CCCCCCCCCCCCCCO[C@H](CO)[C@H]1OC[C@H](O)[C@H]1O. The molecule has 0 amide bonds. The van der Waals surface area contributed by atoms with Gasteiger partial charge in [-0.1, -0.05) is 96.1 Å². The Labute approximate surface area is 191 Å². The Morgan fingerprint density at radius 3 is 1.81 bits per heavy atom. The van der Waals surface area contributed by atoms with Gasteiger partial charge in [-0.15, -0.1) is 0 Å². The average Bonchev–Trinajstić information content (AvgIpc) is 3.11. The van der Waals surface area contributed by atoms with E-state index in [4.69, 9.17) is 9.47 Å². The molecule has 1 aliphatic rings. The number of hydrogen-bond donors (Lipinski definition) is 3. The van der Waals surface area contributed by atoms with Crippen LogP contribution in [-0.2, 0) is 9.47 Å². The molecule has 5 heteroatoms. The van der Waals surface area contributed by atoms with Crippen LogP contribution in [0.2, 0.25) is 0 Å². The van der Waals surface area contributed by atoms with Crippen LogP contribution >= 0.6 is 0 Å². The van der Waals surface area contributed by atoms with Crippen molar-refractivity contribution >= 4 is 0 Å². The third-order valence-corrected chi connectivity index (χ3v) is 6.22. The fourth-order valence-corrected chi connectivity index (χ4v) is 4.13. The van der Waals surface area contributed by atoms with Gasteiger partial charge in [-0.3, -0.25) is 0 Å². The van der Waals surface area contributed by atoms with E-state index in [0.29, 0.717) is 6.61 Å². The highest BCUT2D eigenvalue weighted by Crippen LogP contribution is 2.20. The molecular weight excluding hydrogens is 392 g/mol. The predicted molar refractivity (Wildman–Crippen MR) is 127 cm³/mol. The van der Waals surface area contributed by atoms with Crippen LogP contribution in [0.1, 0.15) is 110 Å². The van der Waals surface area contributed by atoms with Gasteiger partial charge >= 0.3 is 0 Å². The Kier molecular flexibility index (Phi) is 18.6. The predicted octanol–water partition coefficient (Wildman–Crippen LogP) is 5.30. The van der Waals surface area contributed by atoms with Crippen LogP contribution < -0.4 is 0 Å². The topological polar surface area (TPSA) is 79.2 Å². The number of aliphatic hydroxyl groups is 3. The maximum atomic E-state index is 9.85. The van der Waals surface area contributed by atoms with E-state index < -0.39 is 24.4 Å². The summed E-state index contributed by atoms with van der Waals surface area (Å²) in [7, 11) is 0. The first kappa shape index (κ1) is 28.6. The number of hydrogen-bond acceptors (Lipinski definition) is 5. The van der Waals surface area contributed by atoms with Gasteiger partial charge in [0.05, 0.1) is 13.2 Å². The van der Waals surface area contributed by atoms with Crippen LogP contribution in [0.4, 0.5) is 0 Å². The van der Waals surface area contributed by atoms with E-state index in [9.17, 15) is 15.3 Å². The molecule has 1 heterocycles. The summed E-state index contributed by atoms with van der Waals surface area (Å²) in [6.07, 6.45) is 22.3. The molecule has 1 fully saturated rings. The molecule has 0 spiro atoms. The lowest BCUT2D eigenvalue weighted by Gasteiger charge is -2.24. The molecule has 0 aromatic heterocycles. The first-order valence-electron chi connectivity index (χ1n) is 13.1. The molecule has 1 rings (SSSR count). The molecule has 0 aromatic carbocycles. The number of unbranched alkanes of at least 4 members (excludes halogenated alkanes) is 14. The highest BCUT2D eigenvalue weighted by Gasteiger charge is 2.40. The fraction of sp³-hybridized carbons (Fsp3) is 0.923. The van der Waals surface area contributed by atoms with Gasteiger partial charge in [-0.05, 0) is 25.7 Å². The lowest BCUT2D eigenvalue weighted by Crippen LogP contribution is -2.42. The largest absolute Gasteiger partial charge is 0.394 e. The van der Waals surface area contributed by atoms with Crippen molar-refractivity contribution < 1.29 is 24.8 Å². The van der Waals surface area contributed by atoms with E-state index in [-0.39, 0.29) is 13.2 Å². The van der Waals surface area contributed by atoms with Gasteiger partial charge in [0.15, 0.2) is 0 Å². The standard InChI is InChI=1S/C26H50O5/c1-2-3-4-5-6-7-8-9-10-11-12-13-14-15-16-17-18-19-20-30-24(21-27)26-25(29)23(28)22-31-26/h5-6,23-29H,2-4,7-22H2,1H3/b6-5+/t23-,24+,25+,26+/m0/s1. The van der Waals surface area contributed by atoms with Gasteiger partial charge in [-0.25, -0.2) is 0 Å². The van der Waals surface area contributed by atoms with Gasteiger partial charge in [0.2, 0.25) is 0 Å². The smallest absolute Gasteiger partial charge is 0.114 e. The van der Waals surface area contributed by atoms with Gasteiger partial charge in [-0.2, -0.15) is 0 Å². The van der Waals surface area contributed by atoms with E-state index in [1.807, 2.05) is 0 Å². The monoisotopic (exact) mass is 442 g/mol. The van der Waals surface area contributed by atoms with Crippen molar-refractivity contribution in [2.75, 3.05) is 19.8 Å². The minimum absolute atomic E-state index is 0.0997. The molecule has 0 saturated carbocycles. The summed E-state index contributed by atoms with van der Waals surface area (Å²) in [6.45, 7) is 2.70. The van der Waals surface area contributed by atoms with E-state index in [0.717, 1.165) is 12.8 Å². The van der Waals surface area contributed by atoms with Crippen LogP contribution in [-0.4, -0.2) is 59.6 Å². The Bertz CT molecular complexity index is 415. The summed E-state index contributed by atoms with van der Waals surface area (Å²) in [6, 6.07) is 0. The zero-order valence-electron chi connectivity index (χ0n) is 20.1. The normalized spacial score (nSPS) is 22.5. The van der Waals surface area contributed by atoms with E-state index in [2.05, 4.69) is 19.1 Å². The van der Waals surface area contributed by atoms with Crippen LogP contribution in [0.3, 0.4) is 0 Å². The van der Waals surface area contributed by atoms with Gasteiger partial charge in [0, 0.05) is 6.61 Å². The summed E-state index contributed by atoms with van der Waals surface area (Å²) in [5.74, 6) is 0. The van der Waals surface area contributed by atoms with Crippen molar-refractivity contribution in [1.29, 1.82) is 0 Å². The van der Waals surface area contributed by atoms with E-state index in [1.54, 1.807) is 0 Å². The molecule has 5 nitrogen and oxygen atoms in total. The Hall–Kier alpha value is -0.460. The number of rotatable bonds is 21. The van der Waals surface area contributed by atoms with Crippen molar-refractivity contribution in [3.8, 4) is 0 Å². The molecular formula is C26H50O5. The summed E-state index contributed by atoms with van der Waals surface area (Å²) in [5, 5.41) is 28.8. The number of ether oxygens (including phenoxy) is 2. The Morgan fingerprint density at radius 1 is 0.806 bits per heavy atom. The third-order valence-electron chi connectivity index (χ3n) is 6.22. The highest BCUT2D eigenvalue weighted by atomic mass is 16.6. The summed E-state index contributed by atoms with van der Waals surface area (Å²) in [4.78, 5) is 0. The molecule has 0 radical (unpaired) electrons. The van der Waals surface area contributed by atoms with Crippen LogP contribution in [0.25, 0.3) is 0 Å². The minimum Gasteiger partial charge on any atom is -0.394 e. The number of aliphatic hydroxyl groups excluding tert-OH is 3. The van der Waals surface area contributed by atoms with Crippen LogP contribution in [0.5, 0.6) is 0 Å². The zero-order chi connectivity index (χ0) is 22.6. The average molecular weight is 443 g/mol. The molecule has 0 aliphatic carbocycles. The lowest BCUT2D eigenvalue weighted by molar-refractivity contribution is -0.101. The lowest BCUT2D eigenvalue weighted by atomic mass is 10.0. The molecule has 1 aliphatic heterocycles. The molecule has 4 atom stereocenters. The minimum atomic E-state index is -0.977. The third kappa shape index (κ3) is 14.3. The molecule has 0 unspecified atom stereocenters. The zero-order valence-corrected chi connectivity index (χ0v) is 20.1. The first-order chi connectivity index (χ1) is 15.2. The summed E-state index contributed by atoms with van der Waals surface area (Å²) in [5.41, 5.74) is 0. The maximum absolute atomic E-state index is 9.85. The van der Waals surface area contributed by atoms with Crippen molar-refractivity contribution in [3.05, 3.63) is 12.2 Å². The Balaban J connectivity index is 1.80. The summed E-state index contributed by atoms with van der Waals surface area (Å²) < 4.78 is 11.0. The number of allylic oxidation sites excluding steroid dienone is 2. The maximum Gasteiger partial charge on any atom is 0.114 e. The van der Waals surface area contributed by atoms with Gasteiger partial charge < -0.3 is 24.8 Å². The van der Waals surface area contributed by atoms with Crippen LogP contribution in [0, 0.1) is 0 Å². The van der Waals surface area contributed by atoms with Gasteiger partial charge in [0.1, 0.15) is 24.4 Å². The summed E-state index contributed by atoms with van der Waals surface area (Å²) >= 11 is 0. The van der Waals surface area contributed by atoms with Crippen LogP contribution in [0.15, 0.2) is 12.2 Å². The molecule has 184 valence electrons. The van der Waals surface area contributed by atoms with E-state index in [1.165, 1.54) is 89.9 Å². The molecule has 0 aromatic rings. The quantitative estimate of drug-likeness (QED) is 0.166. The second-order valence-corrected chi connectivity index (χ2v) is 9.09. The highest BCUT2D eigenvalue weighted by molar-refractivity contribution is 4.88. The van der Waals surface area contributed by atoms with Crippen molar-refractivity contribution in [2.45, 2.75) is 134 Å².